The van der Waals surface area contributed by atoms with Crippen molar-refractivity contribution < 1.29 is 14.3 Å². The Morgan fingerprint density at radius 2 is 2.10 bits per heavy atom. The minimum atomic E-state index is -0.631. The van der Waals surface area contributed by atoms with Crippen molar-refractivity contribution in [2.24, 2.45) is 5.92 Å². The van der Waals surface area contributed by atoms with Crippen molar-refractivity contribution in [3.8, 4) is 11.5 Å². The zero-order valence-corrected chi connectivity index (χ0v) is 12.1. The minimum absolute atomic E-state index is 0.219. The summed E-state index contributed by atoms with van der Waals surface area (Å²) in [4.78, 5) is 12.1. The third kappa shape index (κ3) is 3.29. The van der Waals surface area contributed by atoms with Gasteiger partial charge in [0.15, 0.2) is 11.5 Å². The molecule has 0 unspecified atom stereocenters. The molecule has 2 N–H and O–H groups in total. The highest BCUT2D eigenvalue weighted by atomic mass is 16.6. The number of amides is 1. The molecule has 1 amide bonds. The quantitative estimate of drug-likeness (QED) is 0.837. The molecular formula is C16H20N2O3. The van der Waals surface area contributed by atoms with Gasteiger partial charge in [0.1, 0.15) is 6.61 Å². The fourth-order valence-electron chi connectivity index (χ4n) is 2.60. The molecular weight excluding hydrogens is 268 g/mol. The van der Waals surface area contributed by atoms with E-state index in [4.69, 9.17) is 9.47 Å². The van der Waals surface area contributed by atoms with E-state index in [1.807, 2.05) is 18.2 Å². The average molecular weight is 288 g/mol. The second kappa shape index (κ2) is 6.08. The monoisotopic (exact) mass is 288 g/mol. The van der Waals surface area contributed by atoms with Crippen molar-refractivity contribution in [3.63, 3.8) is 0 Å². The lowest BCUT2D eigenvalue weighted by Crippen LogP contribution is -2.49. The van der Waals surface area contributed by atoms with Crippen molar-refractivity contribution in [3.05, 3.63) is 36.0 Å². The van der Waals surface area contributed by atoms with E-state index >= 15 is 0 Å². The van der Waals surface area contributed by atoms with E-state index in [-0.39, 0.29) is 12.5 Å². The summed E-state index contributed by atoms with van der Waals surface area (Å²) >= 11 is 0. The second-order valence-electron chi connectivity index (χ2n) is 5.54. The Kier molecular flexibility index (Phi) is 3.99. The van der Waals surface area contributed by atoms with E-state index in [1.165, 1.54) is 6.42 Å². The van der Waals surface area contributed by atoms with Gasteiger partial charge in [0, 0.05) is 5.70 Å². The zero-order chi connectivity index (χ0) is 14.7. The Balaban J connectivity index is 1.55. The maximum atomic E-state index is 12.1. The Morgan fingerprint density at radius 1 is 1.29 bits per heavy atom. The lowest BCUT2D eigenvalue weighted by atomic mass is 9.96. The zero-order valence-electron chi connectivity index (χ0n) is 12.1. The second-order valence-corrected chi connectivity index (χ2v) is 5.54. The molecule has 3 rings (SSSR count). The molecule has 0 aromatic heterocycles. The largest absolute Gasteiger partial charge is 0.485 e. The van der Waals surface area contributed by atoms with E-state index in [9.17, 15) is 4.79 Å². The molecule has 112 valence electrons. The van der Waals surface area contributed by atoms with Crippen LogP contribution in [0.1, 0.15) is 26.2 Å². The molecule has 0 radical (unpaired) electrons. The van der Waals surface area contributed by atoms with Crippen molar-refractivity contribution in [2.75, 3.05) is 6.61 Å². The first-order valence-corrected chi connectivity index (χ1v) is 7.37. The highest BCUT2D eigenvalue weighted by Gasteiger charge is 2.27. The smallest absolute Gasteiger partial charge is 0.282 e. The molecule has 1 aromatic rings. The van der Waals surface area contributed by atoms with Crippen LogP contribution >= 0.6 is 0 Å². The van der Waals surface area contributed by atoms with E-state index in [2.05, 4.69) is 23.9 Å². The number of carbonyl (C=O) groups excluding carboxylic acids is 1. The summed E-state index contributed by atoms with van der Waals surface area (Å²) in [6.45, 7) is 2.40. The van der Waals surface area contributed by atoms with Crippen LogP contribution in [0.15, 0.2) is 36.0 Å². The van der Waals surface area contributed by atoms with E-state index in [0.717, 1.165) is 18.5 Å². The van der Waals surface area contributed by atoms with Gasteiger partial charge in [-0.15, -0.1) is 0 Å². The maximum absolute atomic E-state index is 12.1. The molecule has 1 aliphatic carbocycles. The first kappa shape index (κ1) is 13.8. The topological polar surface area (TPSA) is 59.6 Å². The summed E-state index contributed by atoms with van der Waals surface area (Å²) in [5.74, 6) is 1.62. The molecule has 2 aliphatic rings. The first-order chi connectivity index (χ1) is 10.2. The maximum Gasteiger partial charge on any atom is 0.282 e. The molecule has 2 atom stereocenters. The number of rotatable bonds is 3. The minimum Gasteiger partial charge on any atom is -0.485 e. The molecule has 1 aliphatic heterocycles. The predicted molar refractivity (Wildman–Crippen MR) is 78.7 cm³/mol. The molecule has 1 aromatic carbocycles. The predicted octanol–water partition coefficient (Wildman–Crippen LogP) is 2.15. The molecule has 21 heavy (non-hydrogen) atoms. The fourth-order valence-corrected chi connectivity index (χ4v) is 2.60. The van der Waals surface area contributed by atoms with Crippen LogP contribution in [-0.4, -0.2) is 18.6 Å². The van der Waals surface area contributed by atoms with Crippen molar-refractivity contribution >= 4 is 5.91 Å². The summed E-state index contributed by atoms with van der Waals surface area (Å²) < 4.78 is 11.2. The fraction of sp³-hybridized carbons (Fsp3) is 0.438. The number of benzene rings is 1. The van der Waals surface area contributed by atoms with Gasteiger partial charge in [-0.1, -0.05) is 25.1 Å². The molecule has 1 heterocycles. The van der Waals surface area contributed by atoms with Crippen LogP contribution in [0.4, 0.5) is 0 Å². The number of para-hydroxylation sites is 2. The number of ether oxygens (including phenoxy) is 2. The molecule has 5 nitrogen and oxygen atoms in total. The van der Waals surface area contributed by atoms with E-state index in [0.29, 0.717) is 17.4 Å². The number of hydrazine groups is 1. The SMILES string of the molecule is C[C@@H]1C=C(NNC(=O)[C@H]2COc3ccccc3O2)CCC1. The summed E-state index contributed by atoms with van der Waals surface area (Å²) in [6, 6.07) is 7.36. The third-order valence-corrected chi connectivity index (χ3v) is 3.74. The summed E-state index contributed by atoms with van der Waals surface area (Å²) in [6.07, 6.45) is 4.85. The van der Waals surface area contributed by atoms with Crippen molar-refractivity contribution in [1.29, 1.82) is 0 Å². The Hall–Kier alpha value is -2.17. The van der Waals surface area contributed by atoms with E-state index < -0.39 is 6.10 Å². The molecule has 0 saturated carbocycles. The van der Waals surface area contributed by atoms with Crippen LogP contribution in [0.25, 0.3) is 0 Å². The number of nitrogens with one attached hydrogen (secondary N) is 2. The Labute approximate surface area is 124 Å². The van der Waals surface area contributed by atoms with Crippen LogP contribution in [0.5, 0.6) is 11.5 Å². The van der Waals surface area contributed by atoms with Gasteiger partial charge in [0.25, 0.3) is 5.91 Å². The summed E-state index contributed by atoms with van der Waals surface area (Å²) in [5.41, 5.74) is 6.78. The molecule has 0 spiro atoms. The first-order valence-electron chi connectivity index (χ1n) is 7.37. The summed E-state index contributed by atoms with van der Waals surface area (Å²) in [5, 5.41) is 0. The van der Waals surface area contributed by atoms with Crippen LogP contribution in [0.2, 0.25) is 0 Å². The number of hydrogen-bond acceptors (Lipinski definition) is 4. The lowest BCUT2D eigenvalue weighted by molar-refractivity contribution is -0.131. The van der Waals surface area contributed by atoms with Gasteiger partial charge >= 0.3 is 0 Å². The van der Waals surface area contributed by atoms with Crippen LogP contribution in [0, 0.1) is 5.92 Å². The number of fused-ring (bicyclic) bond motifs is 1. The van der Waals surface area contributed by atoms with Crippen LogP contribution < -0.4 is 20.3 Å². The Bertz CT molecular complexity index is 556. The lowest BCUT2D eigenvalue weighted by Gasteiger charge is -2.26. The number of hydrogen-bond donors (Lipinski definition) is 2. The number of carbonyl (C=O) groups is 1. The third-order valence-electron chi connectivity index (χ3n) is 3.74. The van der Waals surface area contributed by atoms with Crippen LogP contribution in [-0.2, 0) is 4.79 Å². The number of allylic oxidation sites excluding steroid dienone is 2. The Morgan fingerprint density at radius 3 is 2.90 bits per heavy atom. The molecule has 0 saturated heterocycles. The highest BCUT2D eigenvalue weighted by Crippen LogP contribution is 2.30. The summed E-state index contributed by atoms with van der Waals surface area (Å²) in [7, 11) is 0. The van der Waals surface area contributed by atoms with E-state index in [1.54, 1.807) is 6.07 Å². The average Bonchev–Trinajstić information content (AvgIpc) is 2.52. The normalized spacial score (nSPS) is 24.0. The van der Waals surface area contributed by atoms with Gasteiger partial charge < -0.3 is 14.9 Å². The van der Waals surface area contributed by atoms with Crippen LogP contribution in [0.3, 0.4) is 0 Å². The van der Waals surface area contributed by atoms with Gasteiger partial charge in [0.2, 0.25) is 6.10 Å². The van der Waals surface area contributed by atoms with Crippen molar-refractivity contribution in [2.45, 2.75) is 32.3 Å². The van der Waals surface area contributed by atoms with Gasteiger partial charge in [0.05, 0.1) is 0 Å². The van der Waals surface area contributed by atoms with Crippen molar-refractivity contribution in [1.82, 2.24) is 10.9 Å². The molecule has 0 bridgehead atoms. The highest BCUT2D eigenvalue weighted by molar-refractivity contribution is 5.81. The van der Waals surface area contributed by atoms with Gasteiger partial charge in [-0.3, -0.25) is 10.2 Å². The van der Waals surface area contributed by atoms with Gasteiger partial charge in [-0.05, 0) is 37.3 Å². The molecule has 5 heteroatoms. The van der Waals surface area contributed by atoms with Gasteiger partial charge in [-0.2, -0.15) is 0 Å². The molecule has 0 fully saturated rings. The standard InChI is InChI=1S/C16H20N2O3/c1-11-5-4-6-12(9-11)17-18-16(19)15-10-20-13-7-2-3-8-14(13)21-15/h2-3,7-9,11,15,17H,4-6,10H2,1H3,(H,18,19)/t11-,15+/m0/s1. The van der Waals surface area contributed by atoms with Gasteiger partial charge in [-0.25, -0.2) is 0 Å².